The molecule has 170 valence electrons. The Morgan fingerprint density at radius 2 is 2.06 bits per heavy atom. The summed E-state index contributed by atoms with van der Waals surface area (Å²) in [7, 11) is 0. The van der Waals surface area contributed by atoms with Crippen LogP contribution < -0.4 is 34.7 Å². The molecule has 0 saturated heterocycles. The zero-order valence-corrected chi connectivity index (χ0v) is 20.6. The fourth-order valence-corrected chi connectivity index (χ4v) is 4.48. The summed E-state index contributed by atoms with van der Waals surface area (Å²) in [6.07, 6.45) is 2.36. The minimum atomic E-state index is -2.48. The maximum Gasteiger partial charge on any atom is 1.00 e. The van der Waals surface area contributed by atoms with Gasteiger partial charge in [0.1, 0.15) is 6.10 Å². The summed E-state index contributed by atoms with van der Waals surface area (Å²) in [6, 6.07) is 0. The maximum atomic E-state index is 12.7. The van der Waals surface area contributed by atoms with Crippen LogP contribution in [0.2, 0.25) is 0 Å². The van der Waals surface area contributed by atoms with Crippen molar-refractivity contribution in [1.82, 2.24) is 0 Å². The van der Waals surface area contributed by atoms with E-state index in [0.717, 1.165) is 5.57 Å². The molecule has 8 heteroatoms. The van der Waals surface area contributed by atoms with E-state index in [2.05, 4.69) is 0 Å². The van der Waals surface area contributed by atoms with Crippen LogP contribution >= 0.6 is 0 Å². The molecule has 1 unspecified atom stereocenters. The van der Waals surface area contributed by atoms with E-state index >= 15 is 0 Å². The van der Waals surface area contributed by atoms with Gasteiger partial charge in [-0.25, -0.2) is 0 Å². The molecule has 0 fully saturated rings. The summed E-state index contributed by atoms with van der Waals surface area (Å²) in [5.74, 6) is -3.70. The van der Waals surface area contributed by atoms with Crippen molar-refractivity contribution in [2.75, 3.05) is 0 Å². The minimum absolute atomic E-state index is 0. The average molecular weight is 450 g/mol. The van der Waals surface area contributed by atoms with Crippen molar-refractivity contribution in [3.05, 3.63) is 23.8 Å². The second-order valence-corrected chi connectivity index (χ2v) is 8.51. The standard InChI is InChI=1S/C23H36O7.Na/c1-4-13(2)23(29)30-20-11-17(25)9-15-6-5-14(3)19(22(15)20)8-7-16(24)10-18(26)12-21(27)28;/h5-6,9,13-14,16-20,22,24-26H,4,7-8,10-12H2,1-3H3,(H,27,28);/q;+1/p-1/t13?,14-,16+,17+,18+,19-,20-,22-;/m0./s1/i2D3;. The van der Waals surface area contributed by atoms with Crippen LogP contribution in [0.25, 0.3) is 0 Å². The minimum Gasteiger partial charge on any atom is -0.550 e. The van der Waals surface area contributed by atoms with E-state index in [9.17, 15) is 30.0 Å². The van der Waals surface area contributed by atoms with Crippen molar-refractivity contribution in [2.24, 2.45) is 23.7 Å². The molecule has 0 aliphatic heterocycles. The molecule has 0 aromatic rings. The summed E-state index contributed by atoms with van der Waals surface area (Å²) >= 11 is 0. The number of ether oxygens (including phenoxy) is 1. The summed E-state index contributed by atoms with van der Waals surface area (Å²) in [5, 5.41) is 41.0. The third kappa shape index (κ3) is 8.30. The molecular formula is C23H35NaO7. The number of carboxylic acids is 1. The van der Waals surface area contributed by atoms with Gasteiger partial charge in [-0.1, -0.05) is 38.9 Å². The fraction of sp³-hybridized carbons (Fsp3) is 0.739. The first kappa shape index (κ1) is 23.5. The van der Waals surface area contributed by atoms with Gasteiger partial charge in [-0.05, 0) is 43.1 Å². The van der Waals surface area contributed by atoms with Gasteiger partial charge < -0.3 is 30.0 Å². The number of fused-ring (bicyclic) bond motifs is 1. The number of allylic oxidation sites excluding steroid dienone is 2. The van der Waals surface area contributed by atoms with Gasteiger partial charge in [-0.2, -0.15) is 0 Å². The number of aliphatic hydroxyl groups is 3. The Balaban J connectivity index is 0.00000578. The molecular weight excluding hydrogens is 411 g/mol. The van der Waals surface area contributed by atoms with Gasteiger partial charge >= 0.3 is 35.5 Å². The smallest absolute Gasteiger partial charge is 0.550 e. The van der Waals surface area contributed by atoms with Crippen LogP contribution in [-0.2, 0) is 14.3 Å². The second kappa shape index (κ2) is 13.1. The predicted octanol–water partition coefficient (Wildman–Crippen LogP) is -1.89. The largest absolute Gasteiger partial charge is 1.00 e. The fourth-order valence-electron chi connectivity index (χ4n) is 4.48. The Morgan fingerprint density at radius 1 is 1.35 bits per heavy atom. The van der Waals surface area contributed by atoms with E-state index in [0.29, 0.717) is 12.8 Å². The molecule has 0 bridgehead atoms. The van der Waals surface area contributed by atoms with Gasteiger partial charge in [-0.15, -0.1) is 0 Å². The quantitative estimate of drug-likeness (QED) is 0.263. The van der Waals surface area contributed by atoms with Gasteiger partial charge in [0.05, 0.1) is 24.2 Å². The van der Waals surface area contributed by atoms with Crippen molar-refractivity contribution in [1.29, 1.82) is 0 Å². The second-order valence-electron chi connectivity index (χ2n) is 8.51. The zero-order valence-electron chi connectivity index (χ0n) is 21.6. The first-order valence-corrected chi connectivity index (χ1v) is 10.7. The third-order valence-electron chi connectivity index (χ3n) is 6.11. The topological polar surface area (TPSA) is 127 Å². The van der Waals surface area contributed by atoms with Crippen molar-refractivity contribution >= 4 is 11.9 Å². The molecule has 0 amide bonds. The molecule has 0 aromatic heterocycles. The Morgan fingerprint density at radius 3 is 2.68 bits per heavy atom. The zero-order chi connectivity index (χ0) is 24.9. The number of rotatable bonds is 10. The number of aliphatic carboxylic acids is 1. The van der Waals surface area contributed by atoms with E-state index in [1.807, 2.05) is 19.1 Å². The van der Waals surface area contributed by atoms with Gasteiger partial charge in [0.25, 0.3) is 0 Å². The van der Waals surface area contributed by atoms with Crippen LogP contribution in [0, 0.1) is 23.7 Å². The van der Waals surface area contributed by atoms with E-state index in [-0.39, 0.29) is 66.6 Å². The van der Waals surface area contributed by atoms with Crippen LogP contribution in [0.15, 0.2) is 23.8 Å². The summed E-state index contributed by atoms with van der Waals surface area (Å²) in [4.78, 5) is 23.3. The van der Waals surface area contributed by atoms with E-state index in [1.165, 1.54) is 0 Å². The maximum absolute atomic E-state index is 12.7. The Bertz CT molecular complexity index is 755. The van der Waals surface area contributed by atoms with Crippen LogP contribution in [0.1, 0.15) is 63.3 Å². The summed E-state index contributed by atoms with van der Waals surface area (Å²) < 4.78 is 28.5. The molecule has 0 aromatic carbocycles. The predicted molar refractivity (Wildman–Crippen MR) is 109 cm³/mol. The number of hydrogen-bond donors (Lipinski definition) is 3. The number of aliphatic hydroxyl groups excluding tert-OH is 3. The van der Waals surface area contributed by atoms with Crippen LogP contribution in [0.4, 0.5) is 0 Å². The Kier molecular flexibility index (Phi) is 9.92. The van der Waals surface area contributed by atoms with Crippen molar-refractivity contribution < 1.29 is 68.4 Å². The summed E-state index contributed by atoms with van der Waals surface area (Å²) in [5.41, 5.74) is 0.808. The molecule has 0 radical (unpaired) electrons. The van der Waals surface area contributed by atoms with Gasteiger partial charge in [-0.3, -0.25) is 4.79 Å². The number of carboxylic acid groups (broad SMARTS) is 1. The van der Waals surface area contributed by atoms with E-state index in [4.69, 9.17) is 8.85 Å². The molecule has 0 spiro atoms. The van der Waals surface area contributed by atoms with Crippen molar-refractivity contribution in [3.63, 3.8) is 0 Å². The molecule has 7 nitrogen and oxygen atoms in total. The molecule has 3 N–H and O–H groups in total. The first-order valence-electron chi connectivity index (χ1n) is 12.2. The van der Waals surface area contributed by atoms with Crippen LogP contribution in [-0.4, -0.2) is 51.7 Å². The molecule has 2 aliphatic carbocycles. The molecule has 8 atom stereocenters. The van der Waals surface area contributed by atoms with E-state index in [1.54, 1.807) is 13.0 Å². The molecule has 2 aliphatic rings. The Labute approximate surface area is 211 Å². The first-order chi connectivity index (χ1) is 15.3. The number of hydrogen-bond acceptors (Lipinski definition) is 7. The summed E-state index contributed by atoms with van der Waals surface area (Å²) in [6.45, 7) is 1.13. The monoisotopic (exact) mass is 449 g/mol. The van der Waals surface area contributed by atoms with Crippen molar-refractivity contribution in [3.8, 4) is 0 Å². The van der Waals surface area contributed by atoms with Gasteiger partial charge in [0.15, 0.2) is 0 Å². The Hall–Kier alpha value is -0.700. The van der Waals surface area contributed by atoms with Crippen molar-refractivity contribution in [2.45, 2.75) is 83.6 Å². The van der Waals surface area contributed by atoms with Gasteiger partial charge in [0.2, 0.25) is 0 Å². The average Bonchev–Trinajstić information content (AvgIpc) is 2.65. The van der Waals surface area contributed by atoms with E-state index < -0.39 is 55.5 Å². The SMILES string of the molecule is [2H]C([2H])([2H])C(CC)C(=O)O[C@H]1C[C@H](O)C=C2C=C[C@H](C)[C@H](CC[C@@H](O)C[C@@H](O)CC(=O)[O-])[C@H]21.[Na+]. The molecule has 0 saturated carbocycles. The molecule has 31 heavy (non-hydrogen) atoms. The normalized spacial score (nSPS) is 32.1. The number of carbonyl (C=O) groups is 2. The molecule has 0 heterocycles. The van der Waals surface area contributed by atoms with Crippen LogP contribution in [0.3, 0.4) is 0 Å². The number of carbonyl (C=O) groups excluding carboxylic acids is 2. The third-order valence-corrected chi connectivity index (χ3v) is 6.11. The number of esters is 1. The van der Waals surface area contributed by atoms with Gasteiger partial charge in [0, 0.05) is 28.8 Å². The van der Waals surface area contributed by atoms with Crippen LogP contribution in [0.5, 0.6) is 0 Å². The molecule has 2 rings (SSSR count).